The molecule has 0 unspecified atom stereocenters. The minimum absolute atomic E-state index is 0.181. The van der Waals surface area contributed by atoms with Gasteiger partial charge in [-0.3, -0.25) is 0 Å². The number of amides is 2. The molecular formula is C21H18Br2IN5O2. The monoisotopic (exact) mass is 657 g/mol. The van der Waals surface area contributed by atoms with Crippen LogP contribution >= 0.6 is 52.0 Å². The Labute approximate surface area is 203 Å². The SMILES string of the molecule is O=C(NCCNC1=CC(c2ccccc2O)=NC2=C(Br)C=NI12)Nc1cccc(Br)c1. The van der Waals surface area contributed by atoms with E-state index in [1.165, 1.54) is 0 Å². The molecule has 0 spiro atoms. The van der Waals surface area contributed by atoms with Gasteiger partial charge in [0.1, 0.15) is 0 Å². The molecule has 0 radical (unpaired) electrons. The van der Waals surface area contributed by atoms with Crippen LogP contribution in [0.1, 0.15) is 5.56 Å². The van der Waals surface area contributed by atoms with Crippen LogP contribution in [-0.2, 0) is 0 Å². The molecule has 0 saturated carbocycles. The van der Waals surface area contributed by atoms with Crippen LogP contribution < -0.4 is 16.0 Å². The van der Waals surface area contributed by atoms with Crippen LogP contribution in [0.2, 0.25) is 0 Å². The van der Waals surface area contributed by atoms with Crippen LogP contribution in [0.15, 0.2) is 79.2 Å². The summed E-state index contributed by atoms with van der Waals surface area (Å²) in [5.74, 6) is 0.181. The van der Waals surface area contributed by atoms with Gasteiger partial charge in [0.15, 0.2) is 0 Å². The molecule has 7 nitrogen and oxygen atoms in total. The summed E-state index contributed by atoms with van der Waals surface area (Å²) in [6.45, 7) is 0.981. The Morgan fingerprint density at radius 2 is 1.94 bits per heavy atom. The predicted octanol–water partition coefficient (Wildman–Crippen LogP) is 5.28. The average Bonchev–Trinajstić information content (AvgIpc) is 3.12. The first-order valence-electron chi connectivity index (χ1n) is 9.28. The zero-order valence-electron chi connectivity index (χ0n) is 16.1. The van der Waals surface area contributed by atoms with E-state index in [0.717, 1.165) is 16.4 Å². The summed E-state index contributed by atoms with van der Waals surface area (Å²) >= 11 is 4.90. The van der Waals surface area contributed by atoms with Crippen LogP contribution in [0.4, 0.5) is 10.5 Å². The quantitative estimate of drug-likeness (QED) is 0.193. The van der Waals surface area contributed by atoms with Gasteiger partial charge in [-0.1, -0.05) is 0 Å². The van der Waals surface area contributed by atoms with Gasteiger partial charge in [0.2, 0.25) is 0 Å². The molecule has 10 heteroatoms. The summed E-state index contributed by atoms with van der Waals surface area (Å²) in [5.41, 5.74) is 2.07. The Kier molecular flexibility index (Phi) is 7.08. The molecule has 2 aromatic carbocycles. The van der Waals surface area contributed by atoms with Crippen molar-refractivity contribution in [3.63, 3.8) is 0 Å². The van der Waals surface area contributed by atoms with Crippen molar-refractivity contribution in [2.75, 3.05) is 18.4 Å². The molecule has 0 bridgehead atoms. The Morgan fingerprint density at radius 1 is 1.10 bits per heavy atom. The number of nitrogens with one attached hydrogen (secondary N) is 3. The number of anilines is 1. The van der Waals surface area contributed by atoms with E-state index >= 15 is 0 Å². The molecule has 0 aliphatic carbocycles. The van der Waals surface area contributed by atoms with E-state index in [9.17, 15) is 9.90 Å². The van der Waals surface area contributed by atoms with Crippen molar-refractivity contribution in [3.05, 3.63) is 76.5 Å². The summed E-state index contributed by atoms with van der Waals surface area (Å²) in [4.78, 5) is 16.9. The minimum atomic E-state index is -2.02. The van der Waals surface area contributed by atoms with Crippen LogP contribution in [-0.4, -0.2) is 36.2 Å². The Hall–Kier alpha value is -2.18. The zero-order valence-corrected chi connectivity index (χ0v) is 21.4. The van der Waals surface area contributed by atoms with Gasteiger partial charge in [0, 0.05) is 0 Å². The van der Waals surface area contributed by atoms with Gasteiger partial charge in [0.05, 0.1) is 0 Å². The number of urea groups is 1. The van der Waals surface area contributed by atoms with E-state index in [1.54, 1.807) is 18.3 Å². The summed E-state index contributed by atoms with van der Waals surface area (Å²) in [7, 11) is 0. The normalized spacial score (nSPS) is 15.9. The molecule has 2 heterocycles. The fourth-order valence-corrected chi connectivity index (χ4v) is 8.80. The number of hydrogen-bond donors (Lipinski definition) is 4. The standard InChI is InChI=1S/C21H18Br2IN5O2/c22-13-4-3-5-14(10-13)28-21(31)26-9-8-25-19-11-17(15-6-1-2-7-18(15)30)29-20-16(23)12-27-24(19)20/h1-7,10-12,25,30H,8-9H2,(H2,26,28,31). The number of rotatable bonds is 6. The van der Waals surface area contributed by atoms with Gasteiger partial charge >= 0.3 is 205 Å². The number of fused-ring (bicyclic) bond motifs is 1. The molecule has 0 saturated heterocycles. The van der Waals surface area contributed by atoms with Gasteiger partial charge in [-0.15, -0.1) is 0 Å². The molecule has 0 atom stereocenters. The van der Waals surface area contributed by atoms with E-state index < -0.39 is 20.1 Å². The summed E-state index contributed by atoms with van der Waals surface area (Å²) in [6, 6.07) is 14.3. The molecule has 2 aliphatic rings. The number of phenolic OH excluding ortho intramolecular Hbond substituents is 1. The molecule has 2 aliphatic heterocycles. The van der Waals surface area contributed by atoms with E-state index in [0.29, 0.717) is 30.1 Å². The summed E-state index contributed by atoms with van der Waals surface area (Å²) in [6.07, 6.45) is 3.75. The third kappa shape index (κ3) is 5.36. The number of nitrogens with zero attached hydrogens (tertiary/aromatic N) is 2. The number of carbonyl (C=O) groups excluding carboxylic acids is 1. The maximum atomic E-state index is 12.1. The van der Waals surface area contributed by atoms with Crippen molar-refractivity contribution < 1.29 is 9.90 Å². The first kappa shape index (κ1) is 22.0. The first-order chi connectivity index (χ1) is 15.0. The average molecular weight is 659 g/mol. The molecule has 4 N–H and O–H groups in total. The molecular weight excluding hydrogens is 641 g/mol. The van der Waals surface area contributed by atoms with E-state index in [4.69, 9.17) is 4.99 Å². The van der Waals surface area contributed by atoms with Crippen molar-refractivity contribution in [1.29, 1.82) is 0 Å². The first-order valence-corrected chi connectivity index (χ1v) is 14.0. The number of allylic oxidation sites excluding steroid dienone is 2. The van der Waals surface area contributed by atoms with Crippen LogP contribution in [0.25, 0.3) is 0 Å². The Bertz CT molecular complexity index is 1150. The van der Waals surface area contributed by atoms with Crippen molar-refractivity contribution in [2.45, 2.75) is 0 Å². The third-order valence-electron chi connectivity index (χ3n) is 4.27. The van der Waals surface area contributed by atoms with E-state index in [1.807, 2.05) is 42.5 Å². The second-order valence-corrected chi connectivity index (χ2v) is 12.5. The number of aromatic hydroxyl groups is 1. The summed E-state index contributed by atoms with van der Waals surface area (Å²) < 4.78 is 8.38. The number of carbonyl (C=O) groups is 1. The molecule has 2 amide bonds. The van der Waals surface area contributed by atoms with Crippen LogP contribution in [0.3, 0.4) is 0 Å². The number of halogens is 3. The number of hydrogen-bond acceptors (Lipinski definition) is 5. The topological polar surface area (TPSA) is 98.1 Å². The number of aliphatic imine (C=N–C) groups is 1. The van der Waals surface area contributed by atoms with Gasteiger partial charge in [0.25, 0.3) is 0 Å². The van der Waals surface area contributed by atoms with Crippen molar-refractivity contribution >= 4 is 75.6 Å². The molecule has 0 fully saturated rings. The third-order valence-corrected chi connectivity index (χ3v) is 10.5. The molecule has 2 aromatic rings. The molecule has 31 heavy (non-hydrogen) atoms. The van der Waals surface area contributed by atoms with Crippen LogP contribution in [0, 0.1) is 0 Å². The number of para-hydroxylation sites is 1. The van der Waals surface area contributed by atoms with Gasteiger partial charge < -0.3 is 0 Å². The van der Waals surface area contributed by atoms with E-state index in [-0.39, 0.29) is 11.8 Å². The Morgan fingerprint density at radius 3 is 2.74 bits per heavy atom. The maximum absolute atomic E-state index is 12.1. The second-order valence-electron chi connectivity index (χ2n) is 6.45. The van der Waals surface area contributed by atoms with Gasteiger partial charge in [-0.2, -0.15) is 0 Å². The number of benzene rings is 2. The zero-order chi connectivity index (χ0) is 21.8. The molecule has 160 valence electrons. The van der Waals surface area contributed by atoms with Crippen LogP contribution in [0.5, 0.6) is 5.75 Å². The fourth-order valence-electron chi connectivity index (χ4n) is 2.87. The predicted molar refractivity (Wildman–Crippen MR) is 140 cm³/mol. The van der Waals surface area contributed by atoms with Gasteiger partial charge in [-0.25, -0.2) is 0 Å². The van der Waals surface area contributed by atoms with E-state index in [2.05, 4.69) is 51.0 Å². The summed E-state index contributed by atoms with van der Waals surface area (Å²) in [5, 5.41) is 19.3. The second kappa shape index (κ2) is 9.96. The van der Waals surface area contributed by atoms with Crippen molar-refractivity contribution in [1.82, 2.24) is 10.6 Å². The molecule has 4 rings (SSSR count). The van der Waals surface area contributed by atoms with Crippen molar-refractivity contribution in [2.24, 2.45) is 8.20 Å². The Balaban J connectivity index is 1.39. The van der Waals surface area contributed by atoms with Gasteiger partial charge in [-0.05, 0) is 0 Å². The molecule has 0 aromatic heterocycles. The fraction of sp³-hybridized carbons (Fsp3) is 0.0952. The van der Waals surface area contributed by atoms with Crippen molar-refractivity contribution in [3.8, 4) is 5.75 Å². The number of phenols is 1.